The molecule has 1 unspecified atom stereocenters. The first-order chi connectivity index (χ1) is 11.6. The predicted molar refractivity (Wildman–Crippen MR) is 96.1 cm³/mol. The van der Waals surface area contributed by atoms with Crippen LogP contribution in [-0.4, -0.2) is 47.4 Å². The van der Waals surface area contributed by atoms with E-state index in [2.05, 4.69) is 4.74 Å². The van der Waals surface area contributed by atoms with Gasteiger partial charge in [-0.25, -0.2) is 0 Å². The lowest BCUT2D eigenvalue weighted by molar-refractivity contribution is -0.274. The van der Waals surface area contributed by atoms with E-state index in [1.54, 1.807) is 19.2 Å². The number of nitrogens with zero attached hydrogens (tertiary/aromatic N) is 1. The minimum absolute atomic E-state index is 0.0656. The molecular formula is C18H23BF3NO2. The summed E-state index contributed by atoms with van der Waals surface area (Å²) in [7, 11) is 9.58. The van der Waals surface area contributed by atoms with Gasteiger partial charge in [0.05, 0.1) is 7.11 Å². The Morgan fingerprint density at radius 2 is 1.20 bits per heavy atom. The third-order valence-corrected chi connectivity index (χ3v) is 3.23. The summed E-state index contributed by atoms with van der Waals surface area (Å²) in [5.41, 5.74) is 1.97. The van der Waals surface area contributed by atoms with E-state index < -0.39 is 6.36 Å². The maximum atomic E-state index is 12.1. The van der Waals surface area contributed by atoms with Crippen molar-refractivity contribution in [3.8, 4) is 11.5 Å². The molecule has 2 rings (SSSR count). The summed E-state index contributed by atoms with van der Waals surface area (Å²) in [5, 5.41) is 0. The molecular weight excluding hydrogens is 330 g/mol. The first kappa shape index (κ1) is 20.9. The summed E-state index contributed by atoms with van der Waals surface area (Å²) in [6.07, 6.45) is -4.66. The summed E-state index contributed by atoms with van der Waals surface area (Å²) >= 11 is 0. The SMILES string of the molecule is BC(c1ccc(OC)cc1)c1ccc(OC(F)(F)F)cc1.CN(C)C. The summed E-state index contributed by atoms with van der Waals surface area (Å²) in [6.45, 7) is 0. The second-order valence-electron chi connectivity index (χ2n) is 5.95. The zero-order valence-electron chi connectivity index (χ0n) is 15.1. The molecule has 0 saturated carbocycles. The Hall–Kier alpha value is -2.15. The van der Waals surface area contributed by atoms with Gasteiger partial charge in [-0.15, -0.1) is 13.2 Å². The maximum absolute atomic E-state index is 12.1. The van der Waals surface area contributed by atoms with Crippen molar-refractivity contribution in [3.63, 3.8) is 0 Å². The smallest absolute Gasteiger partial charge is 0.497 e. The molecule has 0 N–H and O–H groups in total. The van der Waals surface area contributed by atoms with Gasteiger partial charge in [0, 0.05) is 0 Å². The number of ether oxygens (including phenoxy) is 2. The number of hydrogen-bond donors (Lipinski definition) is 0. The molecule has 7 heteroatoms. The molecule has 0 heterocycles. The van der Waals surface area contributed by atoms with E-state index in [1.807, 2.05) is 58.2 Å². The van der Waals surface area contributed by atoms with Crippen molar-refractivity contribution in [1.29, 1.82) is 0 Å². The minimum Gasteiger partial charge on any atom is -0.497 e. The maximum Gasteiger partial charge on any atom is 0.573 e. The normalized spacial score (nSPS) is 12.2. The van der Waals surface area contributed by atoms with E-state index in [0.717, 1.165) is 16.9 Å². The van der Waals surface area contributed by atoms with Gasteiger partial charge in [-0.2, -0.15) is 0 Å². The van der Waals surface area contributed by atoms with Crippen LogP contribution in [0.3, 0.4) is 0 Å². The highest BCUT2D eigenvalue weighted by Gasteiger charge is 2.31. The van der Waals surface area contributed by atoms with E-state index in [-0.39, 0.29) is 11.6 Å². The average molecular weight is 353 g/mol. The molecule has 136 valence electrons. The molecule has 0 aromatic heterocycles. The largest absolute Gasteiger partial charge is 0.573 e. The number of rotatable bonds is 4. The topological polar surface area (TPSA) is 21.7 Å². The van der Waals surface area contributed by atoms with Crippen molar-refractivity contribution < 1.29 is 22.6 Å². The molecule has 2 aromatic rings. The fourth-order valence-electron chi connectivity index (χ4n) is 2.04. The standard InChI is InChI=1S/C15H14BF3O2.C3H9N/c1-20-12-6-2-10(3-7-12)14(16)11-4-8-13(9-5-11)21-15(17,18)19;1-4(2)3/h2-9,14H,16H2,1H3;1-3H3. The van der Waals surface area contributed by atoms with E-state index in [9.17, 15) is 13.2 Å². The van der Waals surface area contributed by atoms with Gasteiger partial charge in [0.2, 0.25) is 0 Å². The van der Waals surface area contributed by atoms with Crippen LogP contribution in [0.4, 0.5) is 13.2 Å². The molecule has 0 fully saturated rings. The van der Waals surface area contributed by atoms with Gasteiger partial charge >= 0.3 is 6.36 Å². The molecule has 0 saturated heterocycles. The minimum atomic E-state index is -4.66. The molecule has 0 bridgehead atoms. The molecule has 25 heavy (non-hydrogen) atoms. The third-order valence-electron chi connectivity index (χ3n) is 3.23. The Balaban J connectivity index is 0.000000705. The van der Waals surface area contributed by atoms with Gasteiger partial charge in [-0.1, -0.05) is 24.3 Å². The molecule has 0 amide bonds. The fraction of sp³-hybridized carbons (Fsp3) is 0.333. The van der Waals surface area contributed by atoms with Gasteiger partial charge in [0.25, 0.3) is 0 Å². The van der Waals surface area contributed by atoms with Crippen LogP contribution in [0.25, 0.3) is 0 Å². The highest BCUT2D eigenvalue weighted by molar-refractivity contribution is 6.14. The zero-order valence-corrected chi connectivity index (χ0v) is 15.1. The molecule has 1 atom stereocenters. The summed E-state index contributed by atoms with van der Waals surface area (Å²) in [4.78, 5) is 2.00. The van der Waals surface area contributed by atoms with Gasteiger partial charge < -0.3 is 14.4 Å². The number of benzene rings is 2. The van der Waals surface area contributed by atoms with Crippen LogP contribution in [0, 0.1) is 0 Å². The second-order valence-corrected chi connectivity index (χ2v) is 5.95. The highest BCUT2D eigenvalue weighted by atomic mass is 19.4. The van der Waals surface area contributed by atoms with Crippen molar-refractivity contribution in [3.05, 3.63) is 59.7 Å². The van der Waals surface area contributed by atoms with Crippen LogP contribution >= 0.6 is 0 Å². The first-order valence-electron chi connectivity index (χ1n) is 7.73. The average Bonchev–Trinajstić information content (AvgIpc) is 2.53. The Kier molecular flexibility index (Phi) is 7.83. The number of methoxy groups -OCH3 is 1. The Morgan fingerprint density at radius 3 is 1.52 bits per heavy atom. The van der Waals surface area contributed by atoms with Crippen LogP contribution in [0.2, 0.25) is 0 Å². The molecule has 0 radical (unpaired) electrons. The van der Waals surface area contributed by atoms with E-state index >= 15 is 0 Å². The quantitative estimate of drug-likeness (QED) is 0.786. The second kappa shape index (κ2) is 9.37. The summed E-state index contributed by atoms with van der Waals surface area (Å²) < 4.78 is 45.3. The van der Waals surface area contributed by atoms with Gasteiger partial charge in [-0.05, 0) is 62.4 Å². The molecule has 2 aromatic carbocycles. The molecule has 0 spiro atoms. The van der Waals surface area contributed by atoms with E-state index in [0.29, 0.717) is 0 Å². The van der Waals surface area contributed by atoms with Crippen molar-refractivity contribution in [2.24, 2.45) is 0 Å². The number of alkyl halides is 3. The third kappa shape index (κ3) is 7.98. The van der Waals surface area contributed by atoms with Crippen molar-refractivity contribution in [1.82, 2.24) is 4.90 Å². The fourth-order valence-corrected chi connectivity index (χ4v) is 2.04. The van der Waals surface area contributed by atoms with Gasteiger partial charge in [0.15, 0.2) is 0 Å². The number of halogens is 3. The lowest BCUT2D eigenvalue weighted by Crippen LogP contribution is -2.17. The predicted octanol–water partition coefficient (Wildman–Crippen LogP) is 3.49. The zero-order chi connectivity index (χ0) is 19.0. The van der Waals surface area contributed by atoms with Gasteiger partial charge in [0.1, 0.15) is 19.3 Å². The lowest BCUT2D eigenvalue weighted by Gasteiger charge is -2.14. The molecule has 3 nitrogen and oxygen atoms in total. The van der Waals surface area contributed by atoms with Crippen molar-refractivity contribution in [2.75, 3.05) is 28.3 Å². The van der Waals surface area contributed by atoms with Crippen LogP contribution in [0.5, 0.6) is 11.5 Å². The van der Waals surface area contributed by atoms with Crippen LogP contribution in [0.1, 0.15) is 16.9 Å². The highest BCUT2D eigenvalue weighted by Crippen LogP contribution is 2.27. The molecule has 0 aliphatic rings. The first-order valence-corrected chi connectivity index (χ1v) is 7.73. The Bertz CT molecular complexity index is 626. The monoisotopic (exact) mass is 353 g/mol. The Labute approximate surface area is 147 Å². The van der Waals surface area contributed by atoms with Crippen molar-refractivity contribution >= 4 is 7.85 Å². The molecule has 0 aliphatic heterocycles. The van der Waals surface area contributed by atoms with E-state index in [4.69, 9.17) is 4.74 Å². The summed E-state index contributed by atoms with van der Waals surface area (Å²) in [6, 6.07) is 13.5. The summed E-state index contributed by atoms with van der Waals surface area (Å²) in [5.74, 6) is 0.615. The van der Waals surface area contributed by atoms with E-state index in [1.165, 1.54) is 12.1 Å². The van der Waals surface area contributed by atoms with Gasteiger partial charge in [-0.3, -0.25) is 0 Å². The van der Waals surface area contributed by atoms with Crippen LogP contribution in [-0.2, 0) is 0 Å². The Morgan fingerprint density at radius 1 is 0.840 bits per heavy atom. The molecule has 0 aliphatic carbocycles. The lowest BCUT2D eigenvalue weighted by atomic mass is 9.76. The van der Waals surface area contributed by atoms with Crippen LogP contribution < -0.4 is 9.47 Å². The van der Waals surface area contributed by atoms with Crippen molar-refractivity contribution in [2.45, 2.75) is 12.2 Å². The number of hydrogen-bond acceptors (Lipinski definition) is 3. The van der Waals surface area contributed by atoms with Crippen LogP contribution in [0.15, 0.2) is 48.5 Å².